The van der Waals surface area contributed by atoms with Crippen molar-refractivity contribution in [2.75, 3.05) is 13.7 Å². The molecule has 2 rings (SSSR count). The van der Waals surface area contributed by atoms with Crippen molar-refractivity contribution in [1.82, 2.24) is 5.32 Å². The average molecular weight is 235 g/mol. The molecule has 0 heterocycles. The molecule has 1 saturated carbocycles. The Bertz CT molecular complexity index is 374. The fourth-order valence-electron chi connectivity index (χ4n) is 2.06. The summed E-state index contributed by atoms with van der Waals surface area (Å²) in [5.74, 6) is 1.46. The summed E-state index contributed by atoms with van der Waals surface area (Å²) >= 11 is 0. The topological polar surface area (TPSA) is 41.5 Å². The first kappa shape index (κ1) is 12.4. The molecule has 1 aliphatic rings. The Balaban J connectivity index is 1.80. The van der Waals surface area contributed by atoms with Gasteiger partial charge in [-0.2, -0.15) is 0 Å². The van der Waals surface area contributed by atoms with Crippen LogP contribution in [0.15, 0.2) is 18.2 Å². The van der Waals surface area contributed by atoms with Crippen molar-refractivity contribution in [3.05, 3.63) is 29.3 Å². The Kier molecular flexibility index (Phi) is 4.02. The molecule has 3 nitrogen and oxygen atoms in total. The molecule has 17 heavy (non-hydrogen) atoms. The molecule has 1 aromatic carbocycles. The Morgan fingerprint density at radius 2 is 2.24 bits per heavy atom. The van der Waals surface area contributed by atoms with Gasteiger partial charge in [0.15, 0.2) is 0 Å². The minimum absolute atomic E-state index is 0.172. The summed E-state index contributed by atoms with van der Waals surface area (Å²) in [7, 11) is 1.69. The number of aryl methyl sites for hydroxylation is 1. The summed E-state index contributed by atoms with van der Waals surface area (Å²) in [5.41, 5.74) is 2.38. The van der Waals surface area contributed by atoms with Crippen LogP contribution in [-0.4, -0.2) is 24.9 Å². The number of aliphatic hydroxyl groups is 1. The maximum Gasteiger partial charge on any atom is 0.121 e. The van der Waals surface area contributed by atoms with Crippen LogP contribution in [0.2, 0.25) is 0 Å². The number of hydrogen-bond acceptors (Lipinski definition) is 3. The van der Waals surface area contributed by atoms with Gasteiger partial charge in [0.2, 0.25) is 0 Å². The summed E-state index contributed by atoms with van der Waals surface area (Å²) in [6, 6.07) is 6.17. The van der Waals surface area contributed by atoms with E-state index in [1.807, 2.05) is 13.0 Å². The van der Waals surface area contributed by atoms with E-state index in [0.29, 0.717) is 12.5 Å². The maximum absolute atomic E-state index is 9.72. The third-order valence-corrected chi connectivity index (χ3v) is 3.31. The Morgan fingerprint density at radius 3 is 2.82 bits per heavy atom. The molecule has 0 amide bonds. The van der Waals surface area contributed by atoms with Gasteiger partial charge in [-0.25, -0.2) is 0 Å². The predicted molar refractivity (Wildman–Crippen MR) is 68.2 cm³/mol. The lowest BCUT2D eigenvalue weighted by Gasteiger charge is -2.11. The van der Waals surface area contributed by atoms with Crippen LogP contribution in [0.4, 0.5) is 0 Å². The molecule has 0 aliphatic heterocycles. The molecule has 0 spiro atoms. The van der Waals surface area contributed by atoms with Crippen LogP contribution in [-0.2, 0) is 6.54 Å². The SMILES string of the molecule is COc1ccc(CNCC(O)C2CC2)cc1C. The Morgan fingerprint density at radius 1 is 1.47 bits per heavy atom. The van der Waals surface area contributed by atoms with E-state index in [9.17, 15) is 5.11 Å². The van der Waals surface area contributed by atoms with Crippen molar-refractivity contribution < 1.29 is 9.84 Å². The van der Waals surface area contributed by atoms with Crippen molar-refractivity contribution in [2.45, 2.75) is 32.4 Å². The molecule has 1 aromatic rings. The highest BCUT2D eigenvalue weighted by Gasteiger charge is 2.28. The van der Waals surface area contributed by atoms with Gasteiger partial charge in [0.25, 0.3) is 0 Å². The number of ether oxygens (including phenoxy) is 1. The zero-order valence-corrected chi connectivity index (χ0v) is 10.6. The second kappa shape index (κ2) is 5.52. The van der Waals surface area contributed by atoms with Crippen LogP contribution in [0.5, 0.6) is 5.75 Å². The average Bonchev–Trinajstić information content (AvgIpc) is 3.13. The maximum atomic E-state index is 9.72. The Labute approximate surface area is 103 Å². The first-order valence-corrected chi connectivity index (χ1v) is 6.23. The lowest BCUT2D eigenvalue weighted by atomic mass is 10.1. The minimum Gasteiger partial charge on any atom is -0.496 e. The van der Waals surface area contributed by atoms with E-state index in [0.717, 1.165) is 17.9 Å². The van der Waals surface area contributed by atoms with Crippen LogP contribution in [0.25, 0.3) is 0 Å². The predicted octanol–water partition coefficient (Wildman–Crippen LogP) is 1.86. The van der Waals surface area contributed by atoms with Gasteiger partial charge >= 0.3 is 0 Å². The highest BCUT2D eigenvalue weighted by Crippen LogP contribution is 2.32. The standard InChI is InChI=1S/C14H21NO2/c1-10-7-11(3-6-14(10)17-2)8-15-9-13(16)12-4-5-12/h3,6-7,12-13,15-16H,4-5,8-9H2,1-2H3. The van der Waals surface area contributed by atoms with Gasteiger partial charge in [-0.1, -0.05) is 12.1 Å². The van der Waals surface area contributed by atoms with Crippen molar-refractivity contribution in [3.8, 4) is 5.75 Å². The lowest BCUT2D eigenvalue weighted by molar-refractivity contribution is 0.148. The molecular formula is C14H21NO2. The van der Waals surface area contributed by atoms with E-state index in [1.54, 1.807) is 7.11 Å². The molecule has 1 unspecified atom stereocenters. The van der Waals surface area contributed by atoms with Crippen molar-refractivity contribution in [3.63, 3.8) is 0 Å². The number of aliphatic hydroxyl groups excluding tert-OH is 1. The van der Waals surface area contributed by atoms with E-state index in [1.165, 1.54) is 18.4 Å². The normalized spacial score (nSPS) is 16.9. The van der Waals surface area contributed by atoms with Crippen LogP contribution in [0.1, 0.15) is 24.0 Å². The van der Waals surface area contributed by atoms with Crippen LogP contribution in [0, 0.1) is 12.8 Å². The van der Waals surface area contributed by atoms with Gasteiger partial charge < -0.3 is 15.2 Å². The number of hydrogen-bond donors (Lipinski definition) is 2. The van der Waals surface area contributed by atoms with Gasteiger partial charge in [0.1, 0.15) is 5.75 Å². The molecular weight excluding hydrogens is 214 g/mol. The van der Waals surface area contributed by atoms with Crippen LogP contribution < -0.4 is 10.1 Å². The summed E-state index contributed by atoms with van der Waals surface area (Å²) in [5, 5.41) is 13.0. The highest BCUT2D eigenvalue weighted by molar-refractivity contribution is 5.36. The number of methoxy groups -OCH3 is 1. The molecule has 0 aromatic heterocycles. The first-order valence-electron chi connectivity index (χ1n) is 6.23. The largest absolute Gasteiger partial charge is 0.496 e. The summed E-state index contributed by atoms with van der Waals surface area (Å²) < 4.78 is 5.22. The van der Waals surface area contributed by atoms with Crippen molar-refractivity contribution in [1.29, 1.82) is 0 Å². The van der Waals surface area contributed by atoms with E-state index in [2.05, 4.69) is 17.4 Å². The van der Waals surface area contributed by atoms with E-state index in [4.69, 9.17) is 4.74 Å². The van der Waals surface area contributed by atoms with Gasteiger partial charge in [-0.3, -0.25) is 0 Å². The summed E-state index contributed by atoms with van der Waals surface area (Å²) in [6.45, 7) is 3.53. The monoisotopic (exact) mass is 235 g/mol. The van der Waals surface area contributed by atoms with Gasteiger partial charge in [0, 0.05) is 13.1 Å². The molecule has 0 saturated heterocycles. The zero-order chi connectivity index (χ0) is 12.3. The third-order valence-electron chi connectivity index (χ3n) is 3.31. The Hall–Kier alpha value is -1.06. The quantitative estimate of drug-likeness (QED) is 0.791. The highest BCUT2D eigenvalue weighted by atomic mass is 16.5. The third kappa shape index (κ3) is 3.45. The fourth-order valence-corrected chi connectivity index (χ4v) is 2.06. The molecule has 0 bridgehead atoms. The molecule has 1 atom stereocenters. The molecule has 3 heteroatoms. The van der Waals surface area contributed by atoms with Gasteiger partial charge in [-0.05, 0) is 42.9 Å². The molecule has 1 fully saturated rings. The number of nitrogens with one attached hydrogen (secondary N) is 1. The van der Waals surface area contributed by atoms with Crippen molar-refractivity contribution >= 4 is 0 Å². The minimum atomic E-state index is -0.172. The molecule has 94 valence electrons. The van der Waals surface area contributed by atoms with Gasteiger partial charge in [-0.15, -0.1) is 0 Å². The molecule has 2 N–H and O–H groups in total. The summed E-state index contributed by atoms with van der Waals surface area (Å²) in [6.07, 6.45) is 2.20. The summed E-state index contributed by atoms with van der Waals surface area (Å²) in [4.78, 5) is 0. The van der Waals surface area contributed by atoms with E-state index >= 15 is 0 Å². The number of rotatable bonds is 6. The smallest absolute Gasteiger partial charge is 0.121 e. The van der Waals surface area contributed by atoms with E-state index in [-0.39, 0.29) is 6.10 Å². The number of benzene rings is 1. The van der Waals surface area contributed by atoms with Crippen LogP contribution >= 0.6 is 0 Å². The second-order valence-electron chi connectivity index (χ2n) is 4.84. The lowest BCUT2D eigenvalue weighted by Crippen LogP contribution is -2.27. The first-order chi connectivity index (χ1) is 8.20. The van der Waals surface area contributed by atoms with E-state index < -0.39 is 0 Å². The molecule has 0 radical (unpaired) electrons. The van der Waals surface area contributed by atoms with Crippen LogP contribution in [0.3, 0.4) is 0 Å². The van der Waals surface area contributed by atoms with Crippen molar-refractivity contribution in [2.24, 2.45) is 5.92 Å². The molecule has 1 aliphatic carbocycles. The van der Waals surface area contributed by atoms with Gasteiger partial charge in [0.05, 0.1) is 13.2 Å². The fraction of sp³-hybridized carbons (Fsp3) is 0.571. The second-order valence-corrected chi connectivity index (χ2v) is 4.84. The zero-order valence-electron chi connectivity index (χ0n) is 10.6.